The number of carboxylic acid groups (broad SMARTS) is 1. The van der Waals surface area contributed by atoms with E-state index in [2.05, 4.69) is 5.32 Å². The predicted octanol–water partition coefficient (Wildman–Crippen LogP) is -0.118. The van der Waals surface area contributed by atoms with Gasteiger partial charge in [0.2, 0.25) is 0 Å². The zero-order valence-corrected chi connectivity index (χ0v) is 15.2. The van der Waals surface area contributed by atoms with Crippen LogP contribution < -0.4 is 11.1 Å². The predicted molar refractivity (Wildman–Crippen MR) is 98.5 cm³/mol. The van der Waals surface area contributed by atoms with Crippen LogP contribution in [0.1, 0.15) is 22.6 Å². The number of carboxylic acids is 1. The van der Waals surface area contributed by atoms with Crippen molar-refractivity contribution in [3.8, 4) is 0 Å². The van der Waals surface area contributed by atoms with Crippen LogP contribution in [0.3, 0.4) is 0 Å². The summed E-state index contributed by atoms with van der Waals surface area (Å²) in [5.41, 5.74) is 5.38. The Bertz CT molecular complexity index is 599. The van der Waals surface area contributed by atoms with Gasteiger partial charge in [0.1, 0.15) is 6.23 Å². The monoisotopic (exact) mass is 384 g/mol. The maximum atomic E-state index is 10.8. The quantitative estimate of drug-likeness (QED) is 0.163. The van der Waals surface area contributed by atoms with Crippen molar-refractivity contribution in [1.82, 2.24) is 5.32 Å². The molecule has 8 nitrogen and oxygen atoms in total. The summed E-state index contributed by atoms with van der Waals surface area (Å²) >= 11 is 1.55. The first-order chi connectivity index (χ1) is 12.5. The third-order valence-corrected chi connectivity index (χ3v) is 4.88. The Morgan fingerprint density at radius 3 is 3.00 bits per heavy atom. The first kappa shape index (κ1) is 21.0. The van der Waals surface area contributed by atoms with E-state index < -0.39 is 31.4 Å². The van der Waals surface area contributed by atoms with Crippen LogP contribution in [0.4, 0.5) is 0 Å². The second-order valence-corrected chi connectivity index (χ2v) is 7.28. The van der Waals surface area contributed by atoms with Crippen molar-refractivity contribution in [3.63, 3.8) is 0 Å². The number of rotatable bonds is 10. The van der Waals surface area contributed by atoms with Crippen molar-refractivity contribution in [2.24, 2.45) is 5.73 Å². The summed E-state index contributed by atoms with van der Waals surface area (Å²) in [5, 5.41) is 32.1. The Kier molecular flexibility index (Phi) is 8.72. The number of hydrogen-bond acceptors (Lipinski definition) is 8. The number of ether oxygens (including phenoxy) is 1. The lowest BCUT2D eigenvalue weighted by atomic mass is 9.77. The summed E-state index contributed by atoms with van der Waals surface area (Å²) in [6.45, 7) is 1.48. The summed E-state index contributed by atoms with van der Waals surface area (Å²) < 4.78 is 10.7. The molecule has 0 amide bonds. The standard InChI is InChI=1S/C16H25BN2O6S/c18-6-7-24-10-13-5-4-12(26-13)9-15(20)19-14-3-1-2-11(8-16(21)22)25-17(14)23/h1-2,4-5,11,14-15,19-20,23H,3,6-10,18H2,(H,21,22)/t11-,14+,15?/m1/s1. The number of hydrogen-bond donors (Lipinski definition) is 5. The molecule has 1 aliphatic rings. The highest BCUT2D eigenvalue weighted by molar-refractivity contribution is 7.11. The van der Waals surface area contributed by atoms with E-state index in [9.17, 15) is 14.9 Å². The molecule has 0 radical (unpaired) electrons. The normalized spacial score (nSPS) is 21.6. The van der Waals surface area contributed by atoms with Crippen molar-refractivity contribution in [2.75, 3.05) is 13.2 Å². The zero-order chi connectivity index (χ0) is 18.9. The first-order valence-electron chi connectivity index (χ1n) is 8.49. The SMILES string of the molecule is NCCOCc1ccc(CC(O)N[C@H]2CC=C[C@H](CC(=O)O)OB2O)s1. The number of carbonyl (C=O) groups is 1. The van der Waals surface area contributed by atoms with E-state index in [0.29, 0.717) is 32.6 Å². The Labute approximate surface area is 156 Å². The van der Waals surface area contributed by atoms with E-state index in [1.165, 1.54) is 0 Å². The minimum atomic E-state index is -1.20. The number of nitrogens with one attached hydrogen (secondary N) is 1. The van der Waals surface area contributed by atoms with Crippen molar-refractivity contribution < 1.29 is 29.4 Å². The lowest BCUT2D eigenvalue weighted by Crippen LogP contribution is -2.50. The molecule has 3 atom stereocenters. The summed E-state index contributed by atoms with van der Waals surface area (Å²) in [6.07, 6.45) is 2.43. The van der Waals surface area contributed by atoms with Gasteiger partial charge in [-0.25, -0.2) is 0 Å². The number of aliphatic carboxylic acids is 1. The third-order valence-electron chi connectivity index (χ3n) is 3.80. The average Bonchev–Trinajstić information content (AvgIpc) is 2.93. The van der Waals surface area contributed by atoms with Crippen molar-refractivity contribution in [3.05, 3.63) is 34.0 Å². The fourth-order valence-electron chi connectivity index (χ4n) is 2.61. The molecule has 0 bridgehead atoms. The van der Waals surface area contributed by atoms with Crippen molar-refractivity contribution in [1.29, 1.82) is 0 Å². The molecular weight excluding hydrogens is 359 g/mol. The van der Waals surface area contributed by atoms with E-state index in [4.69, 9.17) is 20.2 Å². The zero-order valence-electron chi connectivity index (χ0n) is 14.4. The second-order valence-electron chi connectivity index (χ2n) is 6.03. The van der Waals surface area contributed by atoms with Crippen molar-refractivity contribution >= 4 is 24.4 Å². The lowest BCUT2D eigenvalue weighted by Gasteiger charge is -2.23. The molecule has 2 heterocycles. The molecule has 0 aromatic carbocycles. The molecule has 144 valence electrons. The third kappa shape index (κ3) is 7.16. The summed E-state index contributed by atoms with van der Waals surface area (Å²) in [6, 6.07) is 3.88. The largest absolute Gasteiger partial charge is 0.481 e. The fraction of sp³-hybridized carbons (Fsp3) is 0.562. The number of thiophene rings is 1. The van der Waals surface area contributed by atoms with E-state index in [-0.39, 0.29) is 6.42 Å². The van der Waals surface area contributed by atoms with Gasteiger partial charge in [-0.05, 0) is 18.6 Å². The molecule has 0 fully saturated rings. The van der Waals surface area contributed by atoms with Crippen LogP contribution in [0.2, 0.25) is 0 Å². The van der Waals surface area contributed by atoms with Gasteiger partial charge in [-0.15, -0.1) is 11.3 Å². The molecule has 6 N–H and O–H groups in total. The Hall–Kier alpha value is -1.27. The number of aliphatic hydroxyl groups is 1. The van der Waals surface area contributed by atoms with E-state index in [1.54, 1.807) is 23.5 Å². The van der Waals surface area contributed by atoms with Gasteiger partial charge in [0.05, 0.1) is 25.7 Å². The Morgan fingerprint density at radius 1 is 1.50 bits per heavy atom. The number of nitrogens with two attached hydrogens (primary N) is 1. The fourth-order valence-corrected chi connectivity index (χ4v) is 3.61. The molecule has 0 aliphatic carbocycles. The topological polar surface area (TPSA) is 134 Å². The van der Waals surface area contributed by atoms with Crippen LogP contribution in [0.25, 0.3) is 0 Å². The van der Waals surface area contributed by atoms with Gasteiger partial charge in [-0.1, -0.05) is 12.2 Å². The average molecular weight is 384 g/mol. The summed E-state index contributed by atoms with van der Waals surface area (Å²) in [7, 11) is -1.20. The molecule has 2 rings (SSSR count). The molecular formula is C16H25BN2O6S. The van der Waals surface area contributed by atoms with Gasteiger partial charge in [-0.3, -0.25) is 10.1 Å². The molecule has 1 unspecified atom stereocenters. The van der Waals surface area contributed by atoms with Crippen LogP contribution >= 0.6 is 11.3 Å². The molecule has 1 aromatic rings. The van der Waals surface area contributed by atoms with Crippen LogP contribution in [0, 0.1) is 0 Å². The van der Waals surface area contributed by atoms with Gasteiger partial charge < -0.3 is 30.4 Å². The summed E-state index contributed by atoms with van der Waals surface area (Å²) in [5.74, 6) is -1.52. The summed E-state index contributed by atoms with van der Waals surface area (Å²) in [4.78, 5) is 12.8. The highest BCUT2D eigenvalue weighted by Crippen LogP contribution is 2.19. The van der Waals surface area contributed by atoms with Gasteiger partial charge in [0.15, 0.2) is 0 Å². The Morgan fingerprint density at radius 2 is 2.27 bits per heavy atom. The molecule has 0 saturated carbocycles. The first-order valence-corrected chi connectivity index (χ1v) is 9.31. The second kappa shape index (κ2) is 10.8. The maximum absolute atomic E-state index is 10.8. The molecule has 10 heteroatoms. The number of aliphatic hydroxyl groups excluding tert-OH is 1. The van der Waals surface area contributed by atoms with E-state index in [1.807, 2.05) is 12.1 Å². The minimum Gasteiger partial charge on any atom is -0.481 e. The lowest BCUT2D eigenvalue weighted by molar-refractivity contribution is -0.138. The van der Waals surface area contributed by atoms with E-state index >= 15 is 0 Å². The van der Waals surface area contributed by atoms with Crippen LogP contribution in [0.15, 0.2) is 24.3 Å². The van der Waals surface area contributed by atoms with Gasteiger partial charge in [-0.2, -0.15) is 0 Å². The highest BCUT2D eigenvalue weighted by Gasteiger charge is 2.32. The van der Waals surface area contributed by atoms with Gasteiger partial charge in [0, 0.05) is 28.7 Å². The van der Waals surface area contributed by atoms with Gasteiger partial charge >= 0.3 is 13.1 Å². The highest BCUT2D eigenvalue weighted by atomic mass is 32.1. The smallest absolute Gasteiger partial charge is 0.473 e. The van der Waals surface area contributed by atoms with Crippen LogP contribution in [-0.2, 0) is 27.2 Å². The molecule has 1 aromatic heterocycles. The van der Waals surface area contributed by atoms with E-state index in [0.717, 1.165) is 9.75 Å². The maximum Gasteiger partial charge on any atom is 0.473 e. The molecule has 0 saturated heterocycles. The Balaban J connectivity index is 1.81. The molecule has 26 heavy (non-hydrogen) atoms. The van der Waals surface area contributed by atoms with Gasteiger partial charge in [0.25, 0.3) is 0 Å². The van der Waals surface area contributed by atoms with Crippen molar-refractivity contribution in [2.45, 2.75) is 44.1 Å². The molecule has 0 spiro atoms. The van der Waals surface area contributed by atoms with Crippen LogP contribution in [-0.4, -0.2) is 59.7 Å². The minimum absolute atomic E-state index is 0.215. The van der Waals surface area contributed by atoms with Crippen LogP contribution in [0.5, 0.6) is 0 Å². The molecule has 1 aliphatic heterocycles.